The van der Waals surface area contributed by atoms with Gasteiger partial charge in [-0.15, -0.1) is 4.99 Å². The second-order valence-corrected chi connectivity index (χ2v) is 1.74. The Hall–Kier alpha value is -1.63. The Labute approximate surface area is 58.1 Å². The lowest BCUT2D eigenvalue weighted by Crippen LogP contribution is -2.19. The third-order valence-electron chi connectivity index (χ3n) is 1.05. The van der Waals surface area contributed by atoms with Crippen LogP contribution < -0.4 is 5.62 Å². The smallest absolute Gasteiger partial charge is 0.239 e. The van der Waals surface area contributed by atoms with Crippen LogP contribution in [0.15, 0.2) is 23.5 Å². The van der Waals surface area contributed by atoms with E-state index in [1.807, 2.05) is 0 Å². The quantitative estimate of drug-likeness (QED) is 0.461. The summed E-state index contributed by atoms with van der Waals surface area (Å²) < 4.78 is 1.67. The molecule has 1 heterocycles. The Morgan fingerprint density at radius 2 is 2.60 bits per heavy atom. The molecular weight excluding hydrogens is 128 g/mol. The van der Waals surface area contributed by atoms with E-state index in [9.17, 15) is 0 Å². The molecule has 1 aromatic rings. The normalized spacial score (nSPS) is 11.0. The van der Waals surface area contributed by atoms with E-state index in [4.69, 9.17) is 5.26 Å². The summed E-state index contributed by atoms with van der Waals surface area (Å²) in [5, 5.41) is 8.17. The summed E-state index contributed by atoms with van der Waals surface area (Å²) in [4.78, 5) is 7.31. The number of aryl methyl sites for hydroxylation is 1. The second-order valence-electron chi connectivity index (χ2n) is 1.74. The Balaban J connectivity index is 3.32. The summed E-state index contributed by atoms with van der Waals surface area (Å²) in [5.74, 6) is 0. The first-order valence-corrected chi connectivity index (χ1v) is 2.75. The van der Waals surface area contributed by atoms with Crippen LogP contribution in [0.4, 0.5) is 0 Å². The van der Waals surface area contributed by atoms with Crippen LogP contribution in [0, 0.1) is 11.5 Å². The summed E-state index contributed by atoms with van der Waals surface area (Å²) in [7, 11) is 1.78. The van der Waals surface area contributed by atoms with Crippen molar-refractivity contribution in [1.82, 2.24) is 9.55 Å². The van der Waals surface area contributed by atoms with Gasteiger partial charge in [0.15, 0.2) is 0 Å². The van der Waals surface area contributed by atoms with E-state index in [2.05, 4.69) is 9.98 Å². The molecule has 0 unspecified atom stereocenters. The molecule has 0 bridgehead atoms. The van der Waals surface area contributed by atoms with Crippen LogP contribution in [-0.2, 0) is 7.05 Å². The van der Waals surface area contributed by atoms with Gasteiger partial charge in [0, 0.05) is 19.4 Å². The zero-order chi connectivity index (χ0) is 7.40. The fraction of sp³-hybridized carbons (Fsp3) is 0.167. The molecule has 0 aliphatic rings. The van der Waals surface area contributed by atoms with E-state index in [-0.39, 0.29) is 0 Å². The molecule has 1 rings (SSSR count). The molecule has 1 aromatic heterocycles. The molecule has 0 fully saturated rings. The molecule has 50 valence electrons. The number of aromatic nitrogens is 2. The Kier molecular flexibility index (Phi) is 1.80. The van der Waals surface area contributed by atoms with Crippen LogP contribution in [-0.4, -0.2) is 9.55 Å². The first-order chi connectivity index (χ1) is 4.84. The maximum Gasteiger partial charge on any atom is 0.239 e. The molecule has 0 radical (unpaired) electrons. The summed E-state index contributed by atoms with van der Waals surface area (Å²) >= 11 is 0. The molecule has 0 amide bonds. The monoisotopic (exact) mass is 134 g/mol. The minimum atomic E-state index is 0.421. The predicted molar refractivity (Wildman–Crippen MR) is 34.4 cm³/mol. The molecule has 0 aliphatic heterocycles. The van der Waals surface area contributed by atoms with Gasteiger partial charge in [-0.05, 0) is 6.07 Å². The topological polar surface area (TPSA) is 54.0 Å². The minimum absolute atomic E-state index is 0.421. The fourth-order valence-electron chi connectivity index (χ4n) is 0.587. The minimum Gasteiger partial charge on any atom is -0.320 e. The molecule has 0 saturated heterocycles. The lowest BCUT2D eigenvalue weighted by molar-refractivity contribution is 0.782. The van der Waals surface area contributed by atoms with Gasteiger partial charge in [0.1, 0.15) is 0 Å². The Morgan fingerprint density at radius 3 is 3.20 bits per heavy atom. The maximum atomic E-state index is 8.17. The van der Waals surface area contributed by atoms with Crippen molar-refractivity contribution >= 4 is 0 Å². The molecule has 0 saturated carbocycles. The number of hydrogen-bond acceptors (Lipinski definition) is 3. The molecule has 4 heteroatoms. The van der Waals surface area contributed by atoms with Gasteiger partial charge in [0.2, 0.25) is 11.8 Å². The Morgan fingerprint density at radius 1 is 1.80 bits per heavy atom. The largest absolute Gasteiger partial charge is 0.320 e. The summed E-state index contributed by atoms with van der Waals surface area (Å²) in [5.41, 5.74) is 0.421. The van der Waals surface area contributed by atoms with Crippen molar-refractivity contribution in [1.29, 1.82) is 5.26 Å². The zero-order valence-electron chi connectivity index (χ0n) is 5.52. The van der Waals surface area contributed by atoms with E-state index < -0.39 is 0 Å². The van der Waals surface area contributed by atoms with Crippen molar-refractivity contribution in [3.63, 3.8) is 0 Å². The van der Waals surface area contributed by atoms with E-state index >= 15 is 0 Å². The van der Waals surface area contributed by atoms with Gasteiger partial charge in [0.05, 0.1) is 0 Å². The number of nitriles is 1. The van der Waals surface area contributed by atoms with Crippen molar-refractivity contribution in [3.05, 3.63) is 24.1 Å². The third kappa shape index (κ3) is 1.20. The van der Waals surface area contributed by atoms with Gasteiger partial charge in [-0.1, -0.05) is 0 Å². The van der Waals surface area contributed by atoms with Crippen LogP contribution >= 0.6 is 0 Å². The van der Waals surface area contributed by atoms with Crippen LogP contribution in [0.1, 0.15) is 0 Å². The third-order valence-corrected chi connectivity index (χ3v) is 1.05. The van der Waals surface area contributed by atoms with Crippen LogP contribution in [0.5, 0.6) is 0 Å². The van der Waals surface area contributed by atoms with Gasteiger partial charge in [-0.2, -0.15) is 5.26 Å². The van der Waals surface area contributed by atoms with Gasteiger partial charge < -0.3 is 4.57 Å². The molecule has 4 nitrogen and oxygen atoms in total. The zero-order valence-corrected chi connectivity index (χ0v) is 5.52. The molecule has 0 aromatic carbocycles. The molecule has 0 N–H and O–H groups in total. The maximum absolute atomic E-state index is 8.17. The summed E-state index contributed by atoms with van der Waals surface area (Å²) in [6, 6.07) is 1.77. The van der Waals surface area contributed by atoms with Crippen LogP contribution in [0.2, 0.25) is 0 Å². The first kappa shape index (κ1) is 6.49. The number of rotatable bonds is 0. The van der Waals surface area contributed by atoms with Crippen molar-refractivity contribution in [3.8, 4) is 6.19 Å². The molecule has 0 spiro atoms. The second kappa shape index (κ2) is 2.78. The first-order valence-electron chi connectivity index (χ1n) is 2.75. The van der Waals surface area contributed by atoms with Crippen LogP contribution in [0.25, 0.3) is 0 Å². The Bertz CT molecular complexity index is 317. The molecule has 0 atom stereocenters. The van der Waals surface area contributed by atoms with Crippen molar-refractivity contribution in [2.75, 3.05) is 0 Å². The SMILES string of the molecule is Cn1cccnc1=NC#N. The highest BCUT2D eigenvalue weighted by molar-refractivity contribution is 4.80. The van der Waals surface area contributed by atoms with Crippen LogP contribution in [0.3, 0.4) is 0 Å². The van der Waals surface area contributed by atoms with Gasteiger partial charge in [0.25, 0.3) is 0 Å². The lowest BCUT2D eigenvalue weighted by atomic mass is 10.7. The predicted octanol–water partition coefficient (Wildman–Crippen LogP) is -0.198. The average molecular weight is 134 g/mol. The van der Waals surface area contributed by atoms with Crippen molar-refractivity contribution in [2.45, 2.75) is 0 Å². The van der Waals surface area contributed by atoms with Gasteiger partial charge in [-0.25, -0.2) is 4.98 Å². The highest BCUT2D eigenvalue weighted by Crippen LogP contribution is 1.70. The highest BCUT2D eigenvalue weighted by Gasteiger charge is 1.82. The van der Waals surface area contributed by atoms with E-state index in [0.29, 0.717) is 5.62 Å². The van der Waals surface area contributed by atoms with E-state index in [1.165, 1.54) is 0 Å². The lowest BCUT2D eigenvalue weighted by Gasteiger charge is -1.92. The fourth-order valence-corrected chi connectivity index (χ4v) is 0.587. The van der Waals surface area contributed by atoms with Gasteiger partial charge in [-0.3, -0.25) is 0 Å². The number of nitrogens with zero attached hydrogens (tertiary/aromatic N) is 4. The standard InChI is InChI=1S/C6H6N4/c1-10-4-2-3-8-6(10)9-5-7/h2-4H,1H3. The number of hydrogen-bond donors (Lipinski definition) is 0. The molecule has 0 aliphatic carbocycles. The summed E-state index contributed by atoms with van der Waals surface area (Å²) in [6.07, 6.45) is 5.04. The van der Waals surface area contributed by atoms with Crippen molar-refractivity contribution < 1.29 is 0 Å². The van der Waals surface area contributed by atoms with Gasteiger partial charge >= 0.3 is 0 Å². The highest BCUT2D eigenvalue weighted by atomic mass is 15.1. The average Bonchev–Trinajstić information content (AvgIpc) is 1.94. The van der Waals surface area contributed by atoms with E-state index in [0.717, 1.165) is 0 Å². The summed E-state index contributed by atoms with van der Waals surface area (Å²) in [6.45, 7) is 0. The molecular formula is C6H6N4. The molecule has 10 heavy (non-hydrogen) atoms. The van der Waals surface area contributed by atoms with E-state index in [1.54, 1.807) is 36.3 Å². The van der Waals surface area contributed by atoms with Crippen molar-refractivity contribution in [2.24, 2.45) is 12.0 Å².